The lowest BCUT2D eigenvalue weighted by Gasteiger charge is -2.07. The first-order valence-electron chi connectivity index (χ1n) is 9.80. The molecule has 0 saturated heterocycles. The van der Waals surface area contributed by atoms with Gasteiger partial charge >= 0.3 is 0 Å². The second-order valence-corrected chi connectivity index (χ2v) is 7.80. The van der Waals surface area contributed by atoms with Crippen LogP contribution >= 0.6 is 11.3 Å². The summed E-state index contributed by atoms with van der Waals surface area (Å²) < 4.78 is 0. The van der Waals surface area contributed by atoms with E-state index in [4.69, 9.17) is 0 Å². The lowest BCUT2D eigenvalue weighted by atomic mass is 9.98. The third-order valence-corrected chi connectivity index (χ3v) is 5.90. The highest BCUT2D eigenvalue weighted by Crippen LogP contribution is 2.24. The van der Waals surface area contributed by atoms with Crippen molar-refractivity contribution in [1.82, 2.24) is 10.2 Å². The fourth-order valence-corrected chi connectivity index (χ4v) is 3.93. The van der Waals surface area contributed by atoms with Crippen LogP contribution in [-0.4, -0.2) is 10.2 Å². The standard InChI is InChI=1S/C15H20N2S.C8H8/c1-3-5-6-7-14-16-17-15(18-14)13-10-8-12(4-2)9-11-13;1-2-6-5-7-3-4-8(6)7/h8-11H,3-7H2,1-2H3;3-5H,2H2,1H3. The molecule has 136 valence electrons. The van der Waals surface area contributed by atoms with Gasteiger partial charge in [-0.2, -0.15) is 0 Å². The molecule has 1 aromatic heterocycles. The van der Waals surface area contributed by atoms with E-state index < -0.39 is 0 Å². The molecule has 26 heavy (non-hydrogen) atoms. The van der Waals surface area contributed by atoms with Crippen molar-refractivity contribution in [2.75, 3.05) is 0 Å². The van der Waals surface area contributed by atoms with Crippen LogP contribution in [0.3, 0.4) is 0 Å². The maximum absolute atomic E-state index is 4.29. The van der Waals surface area contributed by atoms with E-state index >= 15 is 0 Å². The zero-order valence-corrected chi connectivity index (χ0v) is 16.9. The molecule has 0 radical (unpaired) electrons. The molecule has 0 unspecified atom stereocenters. The number of aryl methyl sites for hydroxylation is 3. The topological polar surface area (TPSA) is 25.8 Å². The van der Waals surface area contributed by atoms with Crippen molar-refractivity contribution in [3.63, 3.8) is 0 Å². The summed E-state index contributed by atoms with van der Waals surface area (Å²) in [7, 11) is 0. The van der Waals surface area contributed by atoms with E-state index in [9.17, 15) is 0 Å². The van der Waals surface area contributed by atoms with Crippen molar-refractivity contribution in [2.45, 2.75) is 59.3 Å². The molecule has 0 saturated carbocycles. The summed E-state index contributed by atoms with van der Waals surface area (Å²) in [5.41, 5.74) is 4.08. The second kappa shape index (κ2) is 9.09. The Labute approximate surface area is 160 Å². The van der Waals surface area contributed by atoms with Crippen LogP contribution in [0.1, 0.15) is 56.2 Å². The van der Waals surface area contributed by atoms with Gasteiger partial charge in [0.1, 0.15) is 10.0 Å². The molecular formula is C23H28N2S. The van der Waals surface area contributed by atoms with Gasteiger partial charge < -0.3 is 0 Å². The molecule has 1 heterocycles. The summed E-state index contributed by atoms with van der Waals surface area (Å²) in [4.78, 5) is 0. The van der Waals surface area contributed by atoms with E-state index in [1.54, 1.807) is 11.3 Å². The number of unbranched alkanes of at least 4 members (excludes halogenated alkanes) is 2. The zero-order chi connectivity index (χ0) is 18.4. The molecule has 0 N–H and O–H groups in total. The highest BCUT2D eigenvalue weighted by molar-refractivity contribution is 7.14. The average molecular weight is 365 g/mol. The van der Waals surface area contributed by atoms with Crippen LogP contribution in [-0.2, 0) is 19.3 Å². The quantitative estimate of drug-likeness (QED) is 0.357. The minimum atomic E-state index is 1.05. The molecule has 2 nitrogen and oxygen atoms in total. The third kappa shape index (κ3) is 4.39. The van der Waals surface area contributed by atoms with Gasteiger partial charge in [-0.25, -0.2) is 0 Å². The molecule has 0 aliphatic heterocycles. The fourth-order valence-electron chi connectivity index (χ4n) is 3.04. The van der Waals surface area contributed by atoms with Gasteiger partial charge in [-0.3, -0.25) is 0 Å². The zero-order valence-electron chi connectivity index (χ0n) is 16.1. The van der Waals surface area contributed by atoms with Gasteiger partial charge in [0.25, 0.3) is 0 Å². The van der Waals surface area contributed by atoms with Gasteiger partial charge in [-0.15, -0.1) is 10.2 Å². The molecule has 1 aromatic carbocycles. The van der Waals surface area contributed by atoms with Crippen LogP contribution in [0.25, 0.3) is 10.6 Å². The molecule has 0 spiro atoms. The van der Waals surface area contributed by atoms with Crippen LogP contribution in [0, 0.1) is 10.4 Å². The van der Waals surface area contributed by atoms with E-state index in [0.717, 1.165) is 22.9 Å². The Bertz CT molecular complexity index is 926. The van der Waals surface area contributed by atoms with Crippen molar-refractivity contribution in [3.05, 3.63) is 69.0 Å². The summed E-state index contributed by atoms with van der Waals surface area (Å²) in [6, 6.07) is 15.3. The van der Waals surface area contributed by atoms with Crippen LogP contribution in [0.15, 0.2) is 42.5 Å². The van der Waals surface area contributed by atoms with E-state index in [1.165, 1.54) is 52.8 Å². The lowest BCUT2D eigenvalue weighted by Crippen LogP contribution is -1.93. The van der Waals surface area contributed by atoms with Crippen molar-refractivity contribution in [3.8, 4) is 10.6 Å². The van der Waals surface area contributed by atoms with Gasteiger partial charge in [0.15, 0.2) is 0 Å². The predicted octanol–water partition coefficient (Wildman–Crippen LogP) is 6.35. The van der Waals surface area contributed by atoms with Gasteiger partial charge in [-0.1, -0.05) is 87.4 Å². The number of nitrogens with zero attached hydrogens (tertiary/aromatic N) is 2. The smallest absolute Gasteiger partial charge is 0.143 e. The van der Waals surface area contributed by atoms with Crippen LogP contribution < -0.4 is 0 Å². The Morgan fingerprint density at radius 1 is 0.846 bits per heavy atom. The molecule has 2 aliphatic rings. The fraction of sp³-hybridized carbons (Fsp3) is 0.391. The Kier molecular flexibility index (Phi) is 6.56. The summed E-state index contributed by atoms with van der Waals surface area (Å²) in [6.45, 7) is 6.59. The van der Waals surface area contributed by atoms with Gasteiger partial charge in [0, 0.05) is 12.0 Å². The lowest BCUT2D eigenvalue weighted by molar-refractivity contribution is 0.710. The minimum Gasteiger partial charge on any atom is -0.143 e. The molecule has 2 aromatic rings. The summed E-state index contributed by atoms with van der Waals surface area (Å²) in [5.74, 6) is 0. The van der Waals surface area contributed by atoms with Gasteiger partial charge in [0.05, 0.1) is 0 Å². The second-order valence-electron chi connectivity index (χ2n) is 6.73. The maximum Gasteiger partial charge on any atom is 0.147 e. The number of hydrogen-bond acceptors (Lipinski definition) is 3. The van der Waals surface area contributed by atoms with Crippen LogP contribution in [0.2, 0.25) is 0 Å². The monoisotopic (exact) mass is 364 g/mol. The van der Waals surface area contributed by atoms with Crippen molar-refractivity contribution < 1.29 is 0 Å². The normalized spacial score (nSPS) is 11.0. The van der Waals surface area contributed by atoms with Gasteiger partial charge in [-0.05, 0) is 40.8 Å². The maximum atomic E-state index is 4.29. The largest absolute Gasteiger partial charge is 0.147 e. The molecule has 2 aliphatic carbocycles. The summed E-state index contributed by atoms with van der Waals surface area (Å²) in [6.07, 6.45) is 7.10. The number of benzene rings is 2. The number of aromatic nitrogens is 2. The third-order valence-electron chi connectivity index (χ3n) is 4.87. The van der Waals surface area contributed by atoms with E-state index in [0.29, 0.717) is 0 Å². The van der Waals surface area contributed by atoms with Crippen molar-refractivity contribution >= 4 is 11.3 Å². The Morgan fingerprint density at radius 3 is 2.15 bits per heavy atom. The first kappa shape index (κ1) is 18.8. The molecular weight excluding hydrogens is 336 g/mol. The van der Waals surface area contributed by atoms with Crippen LogP contribution in [0.4, 0.5) is 0 Å². The molecule has 0 amide bonds. The Morgan fingerprint density at radius 2 is 1.65 bits per heavy atom. The molecule has 0 atom stereocenters. The first-order valence-corrected chi connectivity index (χ1v) is 10.6. The van der Waals surface area contributed by atoms with Crippen molar-refractivity contribution in [2.24, 2.45) is 0 Å². The Balaban J connectivity index is 0.000000201. The van der Waals surface area contributed by atoms with E-state index in [1.807, 2.05) is 0 Å². The minimum absolute atomic E-state index is 1.05. The first-order chi connectivity index (χ1) is 12.7. The molecule has 4 rings (SSSR count). The van der Waals surface area contributed by atoms with Gasteiger partial charge in [0.2, 0.25) is 0 Å². The van der Waals surface area contributed by atoms with Crippen LogP contribution in [0.5, 0.6) is 0 Å². The molecule has 0 bridgehead atoms. The summed E-state index contributed by atoms with van der Waals surface area (Å²) in [5, 5.41) is 13.7. The SMILES string of the molecule is CCCCCc1nnc(-c2ccc(CC)cc2)s1.CCc1cc2ccc1=2. The molecule has 0 fully saturated rings. The molecule has 3 heteroatoms. The van der Waals surface area contributed by atoms with E-state index in [2.05, 4.69) is 73.4 Å². The van der Waals surface area contributed by atoms with E-state index in [-0.39, 0.29) is 0 Å². The highest BCUT2D eigenvalue weighted by atomic mass is 32.1. The summed E-state index contributed by atoms with van der Waals surface area (Å²) >= 11 is 1.73. The Hall–Kier alpha value is -2.00. The number of rotatable bonds is 7. The van der Waals surface area contributed by atoms with Crippen molar-refractivity contribution in [1.29, 1.82) is 0 Å². The number of hydrogen-bond donors (Lipinski definition) is 0. The average Bonchev–Trinajstić information content (AvgIpc) is 3.13. The predicted molar refractivity (Wildman–Crippen MR) is 111 cm³/mol. The highest BCUT2D eigenvalue weighted by Gasteiger charge is 2.06.